The van der Waals surface area contributed by atoms with Gasteiger partial charge in [-0.1, -0.05) is 41.4 Å². The molecule has 2 aromatic carbocycles. The maximum Gasteiger partial charge on any atom is 0.248 e. The van der Waals surface area contributed by atoms with Crippen molar-refractivity contribution < 1.29 is 23.5 Å². The number of fused-ring (bicyclic) bond motifs is 2. The van der Waals surface area contributed by atoms with Crippen LogP contribution < -0.4 is 25.0 Å². The summed E-state index contributed by atoms with van der Waals surface area (Å²) in [6.07, 6.45) is 12.6. The highest BCUT2D eigenvalue weighted by molar-refractivity contribution is 6.33. The zero-order valence-corrected chi connectivity index (χ0v) is 39.3. The van der Waals surface area contributed by atoms with Crippen LogP contribution in [-0.2, 0) is 9.59 Å². The van der Waals surface area contributed by atoms with Gasteiger partial charge < -0.3 is 29.9 Å². The highest BCUT2D eigenvalue weighted by Gasteiger charge is 2.39. The highest BCUT2D eigenvalue weighted by atomic mass is 35.5. The van der Waals surface area contributed by atoms with Gasteiger partial charge in [0.2, 0.25) is 17.8 Å². The summed E-state index contributed by atoms with van der Waals surface area (Å²) >= 11 is 13.1. The summed E-state index contributed by atoms with van der Waals surface area (Å²) in [6.45, 7) is 3.62. The fourth-order valence-corrected chi connectivity index (χ4v) is 9.61. The lowest BCUT2D eigenvalue weighted by molar-refractivity contribution is -0.146. The van der Waals surface area contributed by atoms with Crippen LogP contribution in [0.2, 0.25) is 10.0 Å². The van der Waals surface area contributed by atoms with Crippen LogP contribution in [0.1, 0.15) is 37.8 Å². The Hall–Kier alpha value is -7.41. The number of likely N-dealkylation sites (tertiary alicyclic amines) is 1. The van der Waals surface area contributed by atoms with Crippen molar-refractivity contribution in [2.24, 2.45) is 0 Å². The Morgan fingerprint density at radius 3 is 1.96 bits per heavy atom. The van der Waals surface area contributed by atoms with Gasteiger partial charge in [0.25, 0.3) is 0 Å². The van der Waals surface area contributed by atoms with E-state index in [2.05, 4.69) is 35.6 Å². The Bertz CT molecular complexity index is 3230. The van der Waals surface area contributed by atoms with Crippen molar-refractivity contribution in [1.82, 2.24) is 48.5 Å². The number of benzene rings is 2. The fourth-order valence-electron chi connectivity index (χ4n) is 9.24. The van der Waals surface area contributed by atoms with Crippen LogP contribution in [0.25, 0.3) is 34.1 Å². The van der Waals surface area contributed by atoms with Crippen LogP contribution in [0.3, 0.4) is 0 Å². The molecule has 0 bridgehead atoms. The lowest BCUT2D eigenvalue weighted by Crippen LogP contribution is -2.59. The molecule has 0 aliphatic carbocycles. The van der Waals surface area contributed by atoms with Gasteiger partial charge in [0, 0.05) is 56.9 Å². The number of hydrogen-bond donors (Lipinski definition) is 2. The third-order valence-electron chi connectivity index (χ3n) is 12.6. The molecule has 10 rings (SSSR count). The van der Waals surface area contributed by atoms with Gasteiger partial charge in [-0.25, -0.2) is 34.3 Å². The molecule has 2 aliphatic rings. The number of ether oxygens (including phenoxy) is 2. The second-order valence-electron chi connectivity index (χ2n) is 16.7. The van der Waals surface area contributed by atoms with Crippen molar-refractivity contribution in [2.75, 3.05) is 62.5 Å². The molecule has 2 atom stereocenters. The topological polar surface area (TPSA) is 173 Å². The van der Waals surface area contributed by atoms with Crippen LogP contribution >= 0.6 is 23.2 Å². The van der Waals surface area contributed by atoms with Gasteiger partial charge in [-0.15, -0.1) is 0 Å². The number of methoxy groups -OCH3 is 2. The predicted octanol–water partition coefficient (Wildman–Crippen LogP) is 8.68. The molecule has 2 N–H and O–H groups in total. The average molecular weight is 971 g/mol. The third kappa shape index (κ3) is 8.93. The minimum Gasteiger partial charge on any atom is -0.495 e. The van der Waals surface area contributed by atoms with E-state index in [-0.39, 0.29) is 35.1 Å². The summed E-state index contributed by atoms with van der Waals surface area (Å²) in [6, 6.07) is 19.0. The number of carbonyl (C=O) groups excluding carboxylic acids is 2. The number of rotatable bonds is 13. The summed E-state index contributed by atoms with van der Waals surface area (Å²) in [4.78, 5) is 60.8. The molecule has 2 aliphatic heterocycles. The molecule has 8 aromatic rings. The second-order valence-corrected chi connectivity index (χ2v) is 17.5. The fraction of sp³-hybridized carbons (Fsp3) is 0.265. The van der Waals surface area contributed by atoms with E-state index < -0.39 is 11.9 Å². The summed E-state index contributed by atoms with van der Waals surface area (Å²) in [5.41, 5.74) is 5.91. The van der Waals surface area contributed by atoms with Gasteiger partial charge >= 0.3 is 0 Å². The maximum absolute atomic E-state index is 16.1. The Morgan fingerprint density at radius 1 is 0.725 bits per heavy atom. The first kappa shape index (κ1) is 45.4. The zero-order valence-electron chi connectivity index (χ0n) is 37.8. The predicted molar refractivity (Wildman–Crippen MR) is 262 cm³/mol. The second kappa shape index (κ2) is 19.3. The van der Waals surface area contributed by atoms with Crippen molar-refractivity contribution in [3.05, 3.63) is 125 Å². The quantitative estimate of drug-likeness (QED) is 0.105. The first-order chi connectivity index (χ1) is 33.6. The summed E-state index contributed by atoms with van der Waals surface area (Å²) < 4.78 is 31.4. The first-order valence-electron chi connectivity index (χ1n) is 22.4. The lowest BCUT2D eigenvalue weighted by Gasteiger charge is -2.43. The number of piperazine rings is 1. The molecule has 2 fully saturated rings. The van der Waals surface area contributed by atoms with Crippen LogP contribution in [-0.4, -0.2) is 113 Å². The molecule has 0 spiro atoms. The normalized spacial score (nSPS) is 15.9. The van der Waals surface area contributed by atoms with E-state index in [0.717, 1.165) is 29.7 Å². The number of anilines is 5. The summed E-state index contributed by atoms with van der Waals surface area (Å²) in [5.74, 6) is 0.130. The first-order valence-corrected chi connectivity index (χ1v) is 23.1. The number of imidazole rings is 2. The number of Topliss-reactive ketones (excluding diaryl/α,β-unsaturated/α-hetero) is 1. The highest BCUT2D eigenvalue weighted by Crippen LogP contribution is 2.39. The van der Waals surface area contributed by atoms with E-state index in [1.165, 1.54) is 26.3 Å². The van der Waals surface area contributed by atoms with Gasteiger partial charge in [-0.3, -0.25) is 23.3 Å². The molecule has 352 valence electrons. The lowest BCUT2D eigenvalue weighted by atomic mass is 9.93. The Labute approximate surface area is 405 Å². The molecule has 2 saturated heterocycles. The Balaban J connectivity index is 0.823. The number of amides is 1. The Kier molecular flexibility index (Phi) is 12.7. The average Bonchev–Trinajstić information content (AvgIpc) is 4.01. The van der Waals surface area contributed by atoms with Gasteiger partial charge in [0.15, 0.2) is 11.6 Å². The van der Waals surface area contributed by atoms with Crippen molar-refractivity contribution in [1.29, 1.82) is 0 Å². The number of pyridine rings is 2. The van der Waals surface area contributed by atoms with Crippen molar-refractivity contribution >= 4 is 75.1 Å². The minimum absolute atomic E-state index is 0.0536. The van der Waals surface area contributed by atoms with Crippen LogP contribution in [0.4, 0.5) is 33.3 Å². The van der Waals surface area contributed by atoms with Gasteiger partial charge in [-0.2, -0.15) is 0 Å². The van der Waals surface area contributed by atoms with Gasteiger partial charge in [0.05, 0.1) is 72.2 Å². The van der Waals surface area contributed by atoms with E-state index in [0.29, 0.717) is 95.0 Å². The number of halogens is 3. The minimum atomic E-state index is -0.984. The van der Waals surface area contributed by atoms with Gasteiger partial charge in [0.1, 0.15) is 45.9 Å². The van der Waals surface area contributed by atoms with Crippen molar-refractivity contribution in [2.45, 2.75) is 38.3 Å². The third-order valence-corrected chi connectivity index (χ3v) is 13.2. The largest absolute Gasteiger partial charge is 0.495 e. The smallest absolute Gasteiger partial charge is 0.248 e. The molecule has 2 unspecified atom stereocenters. The van der Waals surface area contributed by atoms with E-state index in [4.69, 9.17) is 37.7 Å². The molecule has 8 heterocycles. The molecule has 0 radical (unpaired) electrons. The standard InChI is InChI=1S/C49H46Cl2FN13O4/c1-29(66)46(62-20-18-61(19-21-62)31-23-34(52)45(40(24-31)69-3)60-49-56-26-33(51)44(59-49)38-28-54-42-12-6-9-16-64(38)42)47(67)65-17-7-4-10-36(65)30-13-14-35(39(22-30)68-2)57-48-55-25-32(50)43(58-48)37-27-53-41-11-5-8-15-63(37)41/h5-6,8-9,11-16,22-28,36,46H,4,7,10,17-21H2,1-3H3,(H,55,57,58)(H,56,59,60). The van der Waals surface area contributed by atoms with E-state index in [1.807, 2.05) is 90.5 Å². The van der Waals surface area contributed by atoms with Crippen LogP contribution in [0.5, 0.6) is 11.5 Å². The van der Waals surface area contributed by atoms with Gasteiger partial charge in [-0.05, 0) is 74.2 Å². The molecule has 17 nitrogen and oxygen atoms in total. The number of nitrogens with zero attached hydrogens (tertiary/aromatic N) is 11. The molecule has 6 aromatic heterocycles. The Morgan fingerprint density at radius 2 is 1.35 bits per heavy atom. The van der Waals surface area contributed by atoms with E-state index in [1.54, 1.807) is 31.8 Å². The molecule has 0 saturated carbocycles. The summed E-state index contributed by atoms with van der Waals surface area (Å²) in [7, 11) is 3.04. The van der Waals surface area contributed by atoms with E-state index in [9.17, 15) is 9.59 Å². The van der Waals surface area contributed by atoms with E-state index >= 15 is 4.39 Å². The van der Waals surface area contributed by atoms with Crippen LogP contribution in [0.15, 0.2) is 104 Å². The number of aromatic nitrogens is 8. The number of nitrogens with one attached hydrogen (secondary N) is 2. The van der Waals surface area contributed by atoms with Crippen LogP contribution in [0, 0.1) is 5.82 Å². The number of piperidine rings is 1. The maximum atomic E-state index is 16.1. The molecular weight excluding hydrogens is 925 g/mol. The SMILES string of the molecule is COc1cc(C2CCCCN2C(=O)C(C(C)=O)N2CCN(c3cc(F)c(Nc4ncc(Cl)c(-c5cnc6ccccn56)n4)c(OC)c3)CC2)ccc1Nc1ncc(Cl)c(-c2cnc3ccccn23)n1. The molecule has 1 amide bonds. The number of ketones is 1. The monoisotopic (exact) mass is 969 g/mol. The zero-order chi connectivity index (χ0) is 47.8. The van der Waals surface area contributed by atoms with Crippen molar-refractivity contribution in [3.8, 4) is 34.3 Å². The molecule has 69 heavy (non-hydrogen) atoms. The van der Waals surface area contributed by atoms with Crippen molar-refractivity contribution in [3.63, 3.8) is 0 Å². The molecule has 20 heteroatoms. The summed E-state index contributed by atoms with van der Waals surface area (Å²) in [5, 5.41) is 6.94. The number of hydrogen-bond acceptors (Lipinski definition) is 14. The molecular formula is C49H46Cl2FN13O4. The number of carbonyl (C=O) groups is 2.